The molecular formula is C16H20N2O. The number of hydrogen-bond acceptors (Lipinski definition) is 3. The van der Waals surface area contributed by atoms with Crippen molar-refractivity contribution < 1.29 is 4.52 Å². The Kier molecular flexibility index (Phi) is 2.85. The standard InChI is InChI=1S/C16H20N2O/c1-11-8-9-12-6-4-5-7-13(12)16(11,2)15-14(17-3)10-19-18-15/h4-7,10-11,17H,8-9H2,1-3H3. The van der Waals surface area contributed by atoms with Gasteiger partial charge in [0.25, 0.3) is 0 Å². The first kappa shape index (κ1) is 12.3. The van der Waals surface area contributed by atoms with Crippen molar-refractivity contribution >= 4 is 5.69 Å². The molecule has 1 aliphatic carbocycles. The molecule has 1 heterocycles. The molecule has 19 heavy (non-hydrogen) atoms. The predicted molar refractivity (Wildman–Crippen MR) is 76.4 cm³/mol. The maximum Gasteiger partial charge on any atom is 0.147 e. The van der Waals surface area contributed by atoms with E-state index in [-0.39, 0.29) is 5.41 Å². The second kappa shape index (κ2) is 4.41. The highest BCUT2D eigenvalue weighted by Crippen LogP contribution is 2.47. The van der Waals surface area contributed by atoms with Crippen LogP contribution in [0.4, 0.5) is 5.69 Å². The lowest BCUT2D eigenvalue weighted by Gasteiger charge is -2.40. The minimum absolute atomic E-state index is 0.0831. The first-order valence-corrected chi connectivity index (χ1v) is 6.89. The van der Waals surface area contributed by atoms with Crippen LogP contribution < -0.4 is 5.32 Å². The Morgan fingerprint density at radius 2 is 2.16 bits per heavy atom. The Morgan fingerprint density at radius 3 is 2.95 bits per heavy atom. The third-order valence-electron chi connectivity index (χ3n) is 4.74. The van der Waals surface area contributed by atoms with Crippen LogP contribution in [0, 0.1) is 5.92 Å². The van der Waals surface area contributed by atoms with E-state index in [4.69, 9.17) is 4.52 Å². The van der Waals surface area contributed by atoms with Crippen LogP contribution >= 0.6 is 0 Å². The fourth-order valence-corrected chi connectivity index (χ4v) is 3.32. The molecule has 2 unspecified atom stereocenters. The van der Waals surface area contributed by atoms with E-state index in [1.165, 1.54) is 17.5 Å². The van der Waals surface area contributed by atoms with Crippen molar-refractivity contribution in [3.05, 3.63) is 47.3 Å². The van der Waals surface area contributed by atoms with Crippen molar-refractivity contribution in [1.82, 2.24) is 5.16 Å². The van der Waals surface area contributed by atoms with Crippen LogP contribution in [0.2, 0.25) is 0 Å². The molecule has 0 spiro atoms. The molecule has 3 nitrogen and oxygen atoms in total. The molecule has 3 rings (SSSR count). The monoisotopic (exact) mass is 256 g/mol. The third kappa shape index (κ3) is 1.68. The molecule has 1 aromatic heterocycles. The van der Waals surface area contributed by atoms with Gasteiger partial charge in [-0.15, -0.1) is 0 Å². The summed E-state index contributed by atoms with van der Waals surface area (Å²) in [6.45, 7) is 4.60. The molecule has 0 amide bonds. The van der Waals surface area contributed by atoms with Crippen molar-refractivity contribution in [3.63, 3.8) is 0 Å². The summed E-state index contributed by atoms with van der Waals surface area (Å²) in [6.07, 6.45) is 4.04. The first-order chi connectivity index (χ1) is 9.17. The number of nitrogens with zero attached hydrogens (tertiary/aromatic N) is 1. The maximum atomic E-state index is 5.21. The van der Waals surface area contributed by atoms with Gasteiger partial charge in [0.15, 0.2) is 0 Å². The van der Waals surface area contributed by atoms with E-state index in [0.717, 1.165) is 17.8 Å². The van der Waals surface area contributed by atoms with Gasteiger partial charge in [-0.25, -0.2) is 0 Å². The highest BCUT2D eigenvalue weighted by Gasteiger charge is 2.42. The highest BCUT2D eigenvalue weighted by molar-refractivity contribution is 5.55. The van der Waals surface area contributed by atoms with Crippen LogP contribution in [0.3, 0.4) is 0 Å². The summed E-state index contributed by atoms with van der Waals surface area (Å²) in [5.41, 5.74) is 4.76. The molecule has 3 heteroatoms. The molecule has 1 N–H and O–H groups in total. The van der Waals surface area contributed by atoms with Gasteiger partial charge in [-0.3, -0.25) is 0 Å². The second-order valence-corrected chi connectivity index (χ2v) is 5.63. The van der Waals surface area contributed by atoms with E-state index >= 15 is 0 Å². The van der Waals surface area contributed by atoms with Gasteiger partial charge in [-0.2, -0.15) is 0 Å². The van der Waals surface area contributed by atoms with Gasteiger partial charge >= 0.3 is 0 Å². The zero-order valence-electron chi connectivity index (χ0n) is 11.7. The zero-order valence-corrected chi connectivity index (χ0v) is 11.7. The van der Waals surface area contributed by atoms with E-state index in [1.807, 2.05) is 7.05 Å². The number of anilines is 1. The van der Waals surface area contributed by atoms with Crippen LogP contribution in [0.15, 0.2) is 35.1 Å². The van der Waals surface area contributed by atoms with Crippen LogP contribution in [-0.4, -0.2) is 12.2 Å². The molecule has 0 radical (unpaired) electrons. The van der Waals surface area contributed by atoms with Crippen LogP contribution in [0.25, 0.3) is 0 Å². The minimum Gasteiger partial charge on any atom is -0.384 e. The van der Waals surface area contributed by atoms with Gasteiger partial charge in [0, 0.05) is 12.5 Å². The Bertz CT molecular complexity index is 590. The SMILES string of the molecule is CNc1conc1C1(C)c2ccccc2CCC1C. The number of nitrogens with one attached hydrogen (secondary N) is 1. The Balaban J connectivity index is 2.22. The Labute approximate surface area is 114 Å². The Hall–Kier alpha value is -1.77. The average molecular weight is 256 g/mol. The highest BCUT2D eigenvalue weighted by atomic mass is 16.5. The molecule has 0 fully saturated rings. The largest absolute Gasteiger partial charge is 0.384 e. The van der Waals surface area contributed by atoms with Gasteiger partial charge < -0.3 is 9.84 Å². The topological polar surface area (TPSA) is 38.1 Å². The van der Waals surface area contributed by atoms with Crippen LogP contribution in [0.1, 0.15) is 37.1 Å². The summed E-state index contributed by atoms with van der Waals surface area (Å²) in [7, 11) is 1.92. The summed E-state index contributed by atoms with van der Waals surface area (Å²) in [6, 6.07) is 8.71. The van der Waals surface area contributed by atoms with Crippen molar-refractivity contribution in [2.45, 2.75) is 32.1 Å². The van der Waals surface area contributed by atoms with Gasteiger partial charge in [0.1, 0.15) is 12.0 Å². The van der Waals surface area contributed by atoms with Crippen molar-refractivity contribution in [3.8, 4) is 0 Å². The van der Waals surface area contributed by atoms with E-state index in [0.29, 0.717) is 5.92 Å². The fraction of sp³-hybridized carbons (Fsp3) is 0.438. The normalized spacial score (nSPS) is 25.9. The molecular weight excluding hydrogens is 236 g/mol. The number of hydrogen-bond donors (Lipinski definition) is 1. The van der Waals surface area contributed by atoms with E-state index in [1.54, 1.807) is 6.26 Å². The quantitative estimate of drug-likeness (QED) is 0.892. The number of aryl methyl sites for hydroxylation is 1. The number of fused-ring (bicyclic) bond motifs is 1. The minimum atomic E-state index is -0.0831. The lowest BCUT2D eigenvalue weighted by Crippen LogP contribution is -2.37. The summed E-state index contributed by atoms with van der Waals surface area (Å²) in [4.78, 5) is 0. The van der Waals surface area contributed by atoms with Gasteiger partial charge in [0.05, 0.1) is 5.69 Å². The van der Waals surface area contributed by atoms with E-state index in [2.05, 4.69) is 48.6 Å². The van der Waals surface area contributed by atoms with Crippen molar-refractivity contribution in [1.29, 1.82) is 0 Å². The molecule has 0 saturated heterocycles. The average Bonchev–Trinajstić information content (AvgIpc) is 2.92. The summed E-state index contributed by atoms with van der Waals surface area (Å²) in [5, 5.41) is 7.49. The van der Waals surface area contributed by atoms with E-state index in [9.17, 15) is 0 Å². The Morgan fingerprint density at radius 1 is 1.37 bits per heavy atom. The molecule has 1 aliphatic rings. The van der Waals surface area contributed by atoms with Crippen LogP contribution in [-0.2, 0) is 11.8 Å². The summed E-state index contributed by atoms with van der Waals surface area (Å²) >= 11 is 0. The molecule has 0 aliphatic heterocycles. The smallest absolute Gasteiger partial charge is 0.147 e. The number of rotatable bonds is 2. The van der Waals surface area contributed by atoms with Crippen molar-refractivity contribution in [2.75, 3.05) is 12.4 Å². The molecule has 0 bridgehead atoms. The maximum absolute atomic E-state index is 5.21. The molecule has 100 valence electrons. The van der Waals surface area contributed by atoms with Crippen molar-refractivity contribution in [2.24, 2.45) is 5.92 Å². The van der Waals surface area contributed by atoms with Gasteiger partial charge in [-0.1, -0.05) is 36.3 Å². The predicted octanol–water partition coefficient (Wildman–Crippen LogP) is 3.60. The van der Waals surface area contributed by atoms with Gasteiger partial charge in [0.2, 0.25) is 0 Å². The number of benzene rings is 1. The molecule has 1 aromatic carbocycles. The lowest BCUT2D eigenvalue weighted by molar-refractivity contribution is 0.302. The van der Waals surface area contributed by atoms with Crippen LogP contribution in [0.5, 0.6) is 0 Å². The second-order valence-electron chi connectivity index (χ2n) is 5.63. The first-order valence-electron chi connectivity index (χ1n) is 6.89. The lowest BCUT2D eigenvalue weighted by atomic mass is 9.63. The van der Waals surface area contributed by atoms with E-state index < -0.39 is 0 Å². The molecule has 0 saturated carbocycles. The molecule has 2 aromatic rings. The third-order valence-corrected chi connectivity index (χ3v) is 4.74. The zero-order chi connectivity index (χ0) is 13.5. The van der Waals surface area contributed by atoms with Gasteiger partial charge in [-0.05, 0) is 36.8 Å². The summed E-state index contributed by atoms with van der Waals surface area (Å²) < 4.78 is 5.21. The molecule has 2 atom stereocenters. The summed E-state index contributed by atoms with van der Waals surface area (Å²) in [5.74, 6) is 0.541. The number of aromatic nitrogens is 1. The fourth-order valence-electron chi connectivity index (χ4n) is 3.32.